The first-order chi connectivity index (χ1) is 17.5. The average molecular weight is 583 g/mol. The average Bonchev–Trinajstić information content (AvgIpc) is 3.63. The molecule has 1 saturated carbocycles. The number of anilines is 1. The zero-order valence-electron chi connectivity index (χ0n) is 20.5. The highest BCUT2D eigenvalue weighted by atomic mass is 79.9. The third-order valence-corrected chi connectivity index (χ3v) is 7.50. The van der Waals surface area contributed by atoms with Crippen LogP contribution in [0, 0.1) is 5.82 Å². The predicted octanol–water partition coefficient (Wildman–Crippen LogP) is 5.72. The van der Waals surface area contributed by atoms with Crippen LogP contribution in [0.4, 0.5) is 23.2 Å². The smallest absolute Gasteiger partial charge is 0.374 e. The van der Waals surface area contributed by atoms with Crippen molar-refractivity contribution < 1.29 is 27.1 Å². The molecule has 1 amide bonds. The van der Waals surface area contributed by atoms with Crippen molar-refractivity contribution in [2.24, 2.45) is 4.99 Å². The molecule has 1 N–H and O–H groups in total. The Labute approximate surface area is 220 Å². The maximum atomic E-state index is 14.8. The number of rotatable bonds is 6. The normalized spacial score (nSPS) is 19.5. The molecule has 1 aromatic heterocycles. The lowest BCUT2D eigenvalue weighted by Gasteiger charge is -2.38. The van der Waals surface area contributed by atoms with Crippen molar-refractivity contribution in [3.05, 3.63) is 57.1 Å². The van der Waals surface area contributed by atoms with Crippen LogP contribution in [-0.2, 0) is 22.3 Å². The van der Waals surface area contributed by atoms with Crippen LogP contribution in [0.3, 0.4) is 0 Å². The number of benzene rings is 1. The molecule has 2 aromatic rings. The zero-order chi connectivity index (χ0) is 26.5. The summed E-state index contributed by atoms with van der Waals surface area (Å²) in [7, 11) is 0. The molecule has 0 radical (unpaired) electrons. The van der Waals surface area contributed by atoms with Crippen LogP contribution >= 0.6 is 15.9 Å². The number of amidine groups is 1. The van der Waals surface area contributed by atoms with Crippen LogP contribution < -0.4 is 10.2 Å². The Kier molecular flexibility index (Phi) is 6.81. The number of halogens is 5. The number of alkyl halides is 3. The summed E-state index contributed by atoms with van der Waals surface area (Å²) in [6.45, 7) is 4.80. The van der Waals surface area contributed by atoms with Gasteiger partial charge in [-0.25, -0.2) is 9.37 Å². The van der Waals surface area contributed by atoms with Gasteiger partial charge in [-0.05, 0) is 63.8 Å². The second-order valence-electron chi connectivity index (χ2n) is 10.1. The molecule has 1 aromatic carbocycles. The lowest BCUT2D eigenvalue weighted by atomic mass is 9.87. The SMILES string of the molecule is CC(C)OCc1c(F)cc(Br)cc1N1CCC2(CC1)N=C(c1ccc(C(F)(F)F)nc1C1CC1)NC2=O. The molecule has 3 aliphatic rings. The quantitative estimate of drug-likeness (QED) is 0.442. The molecular weight excluding hydrogens is 556 g/mol. The molecule has 0 unspecified atom stereocenters. The van der Waals surface area contributed by atoms with Gasteiger partial charge in [0, 0.05) is 40.3 Å². The number of pyridine rings is 1. The molecule has 11 heteroatoms. The number of hydrogen-bond acceptors (Lipinski definition) is 5. The summed E-state index contributed by atoms with van der Waals surface area (Å²) in [6.07, 6.45) is -2.32. The highest BCUT2D eigenvalue weighted by molar-refractivity contribution is 9.10. The summed E-state index contributed by atoms with van der Waals surface area (Å²) in [5.41, 5.74) is -0.0161. The lowest BCUT2D eigenvalue weighted by molar-refractivity contribution is -0.141. The standard InChI is InChI=1S/C26H27BrF4N4O2/c1-14(2)37-13-18-19(28)11-16(27)12-20(18)35-9-7-25(8-10-35)24(36)33-23(34-25)17-5-6-21(26(29,30)31)32-22(17)15-3-4-15/h5-6,11-12,14-15H,3-4,7-10,13H2,1-2H3,(H,33,34,36). The number of carbonyl (C=O) groups excluding carboxylic acids is 1. The zero-order valence-corrected chi connectivity index (χ0v) is 22.0. The molecular formula is C26H27BrF4N4O2. The largest absolute Gasteiger partial charge is 0.433 e. The van der Waals surface area contributed by atoms with Crippen LogP contribution in [0.2, 0.25) is 0 Å². The monoisotopic (exact) mass is 582 g/mol. The molecule has 0 bridgehead atoms. The van der Waals surface area contributed by atoms with E-state index in [2.05, 4.69) is 26.2 Å². The summed E-state index contributed by atoms with van der Waals surface area (Å²) < 4.78 is 60.9. The van der Waals surface area contributed by atoms with E-state index in [0.29, 0.717) is 52.9 Å². The van der Waals surface area contributed by atoms with E-state index in [4.69, 9.17) is 9.73 Å². The number of aromatic nitrogens is 1. The van der Waals surface area contributed by atoms with E-state index in [1.165, 1.54) is 12.1 Å². The molecule has 6 nitrogen and oxygen atoms in total. The van der Waals surface area contributed by atoms with Crippen molar-refractivity contribution in [1.82, 2.24) is 10.3 Å². The van der Waals surface area contributed by atoms with Gasteiger partial charge in [-0.15, -0.1) is 0 Å². The van der Waals surface area contributed by atoms with Crippen molar-refractivity contribution in [3.8, 4) is 0 Å². The van der Waals surface area contributed by atoms with E-state index < -0.39 is 17.4 Å². The number of carbonyl (C=O) groups is 1. The first-order valence-electron chi connectivity index (χ1n) is 12.3. The maximum absolute atomic E-state index is 14.8. The van der Waals surface area contributed by atoms with Crippen molar-refractivity contribution >= 4 is 33.4 Å². The Morgan fingerprint density at radius 1 is 1.22 bits per heavy atom. The minimum absolute atomic E-state index is 0.0596. The van der Waals surface area contributed by atoms with Gasteiger partial charge < -0.3 is 15.0 Å². The van der Waals surface area contributed by atoms with Gasteiger partial charge in [0.25, 0.3) is 5.91 Å². The fourth-order valence-electron chi connectivity index (χ4n) is 4.87. The van der Waals surface area contributed by atoms with E-state index >= 15 is 0 Å². The fourth-order valence-corrected chi connectivity index (χ4v) is 5.28. The lowest BCUT2D eigenvalue weighted by Crippen LogP contribution is -2.49. The van der Waals surface area contributed by atoms with Crippen molar-refractivity contribution in [3.63, 3.8) is 0 Å². The third-order valence-electron chi connectivity index (χ3n) is 7.04. The minimum atomic E-state index is -4.54. The summed E-state index contributed by atoms with van der Waals surface area (Å²) in [4.78, 5) is 23.8. The van der Waals surface area contributed by atoms with Crippen LogP contribution in [0.5, 0.6) is 0 Å². The molecule has 1 saturated heterocycles. The van der Waals surface area contributed by atoms with Gasteiger partial charge in [-0.1, -0.05) is 15.9 Å². The predicted molar refractivity (Wildman–Crippen MR) is 134 cm³/mol. The number of ether oxygens (including phenoxy) is 1. The molecule has 1 aliphatic carbocycles. The highest BCUT2D eigenvalue weighted by Gasteiger charge is 2.47. The van der Waals surface area contributed by atoms with E-state index in [1.807, 2.05) is 24.8 Å². The van der Waals surface area contributed by atoms with Crippen molar-refractivity contribution in [2.75, 3.05) is 18.0 Å². The first-order valence-corrected chi connectivity index (χ1v) is 13.1. The van der Waals surface area contributed by atoms with Gasteiger partial charge in [0.2, 0.25) is 0 Å². The number of nitrogens with zero attached hydrogens (tertiary/aromatic N) is 3. The number of piperidine rings is 1. The van der Waals surface area contributed by atoms with E-state index in [-0.39, 0.29) is 36.2 Å². The Bertz CT molecular complexity index is 1250. The van der Waals surface area contributed by atoms with Gasteiger partial charge in [0.1, 0.15) is 22.9 Å². The van der Waals surface area contributed by atoms with Gasteiger partial charge >= 0.3 is 6.18 Å². The van der Waals surface area contributed by atoms with Crippen molar-refractivity contribution in [2.45, 2.75) is 69.9 Å². The summed E-state index contributed by atoms with van der Waals surface area (Å²) in [5.74, 6) is -0.423. The number of nitrogens with one attached hydrogen (secondary N) is 1. The van der Waals surface area contributed by atoms with Gasteiger partial charge in [0.05, 0.1) is 18.4 Å². The number of aliphatic imine (C=N–C) groups is 1. The third kappa shape index (κ3) is 5.25. The second kappa shape index (κ2) is 9.65. The van der Waals surface area contributed by atoms with Crippen molar-refractivity contribution in [1.29, 1.82) is 0 Å². The molecule has 3 heterocycles. The molecule has 2 fully saturated rings. The summed E-state index contributed by atoms with van der Waals surface area (Å²) in [6, 6.07) is 5.55. The molecule has 5 rings (SSSR count). The Morgan fingerprint density at radius 2 is 1.92 bits per heavy atom. The van der Waals surface area contributed by atoms with Crippen LogP contribution in [-0.4, -0.2) is 41.5 Å². The molecule has 198 valence electrons. The molecule has 2 aliphatic heterocycles. The van der Waals surface area contributed by atoms with Crippen LogP contribution in [0.1, 0.15) is 68.0 Å². The molecule has 0 atom stereocenters. The Balaban J connectivity index is 1.39. The molecule has 37 heavy (non-hydrogen) atoms. The van der Waals surface area contributed by atoms with Gasteiger partial charge in [-0.3, -0.25) is 9.79 Å². The van der Waals surface area contributed by atoms with Crippen LogP contribution in [0.25, 0.3) is 0 Å². The Hall–Kier alpha value is -2.53. The minimum Gasteiger partial charge on any atom is -0.374 e. The maximum Gasteiger partial charge on any atom is 0.433 e. The summed E-state index contributed by atoms with van der Waals surface area (Å²) in [5, 5.41) is 2.81. The van der Waals surface area contributed by atoms with E-state index in [9.17, 15) is 22.4 Å². The first kappa shape index (κ1) is 26.1. The topological polar surface area (TPSA) is 66.8 Å². The van der Waals surface area contributed by atoms with E-state index in [1.54, 1.807) is 0 Å². The summed E-state index contributed by atoms with van der Waals surface area (Å²) >= 11 is 3.37. The Morgan fingerprint density at radius 3 is 2.54 bits per heavy atom. The fraction of sp³-hybridized carbons (Fsp3) is 0.500. The van der Waals surface area contributed by atoms with E-state index in [0.717, 1.165) is 18.9 Å². The molecule has 1 spiro atoms. The second-order valence-corrected chi connectivity index (χ2v) is 11.0. The number of hydrogen-bond donors (Lipinski definition) is 1. The van der Waals surface area contributed by atoms with Gasteiger partial charge in [-0.2, -0.15) is 13.2 Å². The van der Waals surface area contributed by atoms with Gasteiger partial charge in [0.15, 0.2) is 0 Å². The van der Waals surface area contributed by atoms with Crippen LogP contribution in [0.15, 0.2) is 33.7 Å². The number of amides is 1. The highest BCUT2D eigenvalue weighted by Crippen LogP contribution is 2.43.